The van der Waals surface area contributed by atoms with Gasteiger partial charge in [-0.2, -0.15) is 0 Å². The molecule has 2 heterocycles. The Kier molecular flexibility index (Phi) is 7.69. The van der Waals surface area contributed by atoms with E-state index in [1.165, 1.54) is 18.5 Å². The van der Waals surface area contributed by atoms with E-state index < -0.39 is 5.97 Å². The van der Waals surface area contributed by atoms with Gasteiger partial charge in [0.2, 0.25) is 0 Å². The highest BCUT2D eigenvalue weighted by atomic mass is 79.9. The molecule has 2 rings (SSSR count). The van der Waals surface area contributed by atoms with E-state index in [2.05, 4.69) is 41.8 Å². The van der Waals surface area contributed by atoms with Gasteiger partial charge >= 0.3 is 11.9 Å². The van der Waals surface area contributed by atoms with Crippen LogP contribution < -0.4 is 0 Å². The number of pyridine rings is 2. The molecule has 0 aliphatic carbocycles. The highest BCUT2D eigenvalue weighted by molar-refractivity contribution is 9.10. The number of rotatable bonds is 3. The van der Waals surface area contributed by atoms with Crippen LogP contribution in [0.25, 0.3) is 0 Å². The molecule has 1 N–H and O–H groups in total. The summed E-state index contributed by atoms with van der Waals surface area (Å²) in [5.41, 5.74) is 0.738. The van der Waals surface area contributed by atoms with Crippen molar-refractivity contribution in [2.45, 2.75) is 6.92 Å². The van der Waals surface area contributed by atoms with Crippen molar-refractivity contribution in [1.29, 1.82) is 0 Å². The predicted molar refractivity (Wildman–Crippen MR) is 86.8 cm³/mol. The maximum Gasteiger partial charge on any atom is 0.339 e. The van der Waals surface area contributed by atoms with Crippen molar-refractivity contribution in [3.05, 3.63) is 57.0 Å². The summed E-state index contributed by atoms with van der Waals surface area (Å²) in [4.78, 5) is 29.1. The van der Waals surface area contributed by atoms with E-state index >= 15 is 0 Å². The molecule has 0 unspecified atom stereocenters. The second kappa shape index (κ2) is 9.26. The van der Waals surface area contributed by atoms with Crippen molar-refractivity contribution in [3.8, 4) is 0 Å². The zero-order chi connectivity index (χ0) is 16.5. The Balaban J connectivity index is 0.000000224. The molecule has 0 radical (unpaired) electrons. The van der Waals surface area contributed by atoms with E-state index in [0.29, 0.717) is 21.1 Å². The van der Waals surface area contributed by atoms with Crippen LogP contribution in [-0.4, -0.2) is 33.6 Å². The summed E-state index contributed by atoms with van der Waals surface area (Å²) >= 11 is 6.26. The van der Waals surface area contributed by atoms with Crippen molar-refractivity contribution >= 4 is 43.8 Å². The monoisotopic (exact) mass is 430 g/mol. The fourth-order valence-electron chi connectivity index (χ4n) is 1.30. The van der Waals surface area contributed by atoms with Crippen molar-refractivity contribution < 1.29 is 19.4 Å². The fourth-order valence-corrected chi connectivity index (χ4v) is 2.13. The number of esters is 1. The van der Waals surface area contributed by atoms with Gasteiger partial charge in [0, 0.05) is 24.8 Å². The number of nitrogens with zero attached hydrogens (tertiary/aromatic N) is 2. The maximum atomic E-state index is 11.2. The Morgan fingerprint density at radius 1 is 1.09 bits per heavy atom. The maximum absolute atomic E-state index is 11.2. The largest absolute Gasteiger partial charge is 0.478 e. The quantitative estimate of drug-likeness (QED) is 0.747. The summed E-state index contributed by atoms with van der Waals surface area (Å²) in [6.45, 7) is 2.15. The van der Waals surface area contributed by atoms with Crippen LogP contribution in [0.4, 0.5) is 0 Å². The third-order valence-corrected chi connectivity index (χ3v) is 3.53. The van der Waals surface area contributed by atoms with Crippen LogP contribution in [0.15, 0.2) is 45.9 Å². The van der Waals surface area contributed by atoms with Gasteiger partial charge in [0.25, 0.3) is 0 Å². The van der Waals surface area contributed by atoms with Crippen molar-refractivity contribution in [1.82, 2.24) is 9.97 Å². The molecular weight excluding hydrogens is 420 g/mol. The number of aromatic carboxylic acids is 1. The molecule has 0 amide bonds. The number of carboxylic acid groups (broad SMARTS) is 1. The average molecular weight is 432 g/mol. The Morgan fingerprint density at radius 3 is 1.95 bits per heavy atom. The second-order valence-corrected chi connectivity index (χ2v) is 5.45. The summed E-state index contributed by atoms with van der Waals surface area (Å²) in [5.74, 6) is -1.28. The number of hydrogen-bond donors (Lipinski definition) is 1. The number of ether oxygens (including phenoxy) is 1. The van der Waals surface area contributed by atoms with E-state index in [0.717, 1.165) is 0 Å². The normalized spacial score (nSPS) is 9.41. The minimum absolute atomic E-state index is 0.231. The standard InChI is InChI=1S/C8H8BrNO2.C6H4BrNO2/c1-2-12-8(11)6-3-4-10-5-7(6)9;7-5-3-8-2-1-4(5)6(9)10/h3-5H,2H2,1H3;1-3H,(H,9,10). The van der Waals surface area contributed by atoms with E-state index in [9.17, 15) is 9.59 Å². The van der Waals surface area contributed by atoms with Gasteiger partial charge in [-0.25, -0.2) is 9.59 Å². The summed E-state index contributed by atoms with van der Waals surface area (Å²) in [6.07, 6.45) is 6.00. The number of carbonyl (C=O) groups excluding carboxylic acids is 1. The first-order chi connectivity index (χ1) is 10.5. The van der Waals surface area contributed by atoms with Crippen molar-refractivity contribution in [2.75, 3.05) is 6.61 Å². The highest BCUT2D eigenvalue weighted by Crippen LogP contribution is 2.15. The molecular formula is C14H12Br2N2O4. The molecule has 2 aromatic heterocycles. The molecule has 0 saturated heterocycles. The van der Waals surface area contributed by atoms with Gasteiger partial charge in [-0.15, -0.1) is 0 Å². The smallest absolute Gasteiger partial charge is 0.339 e. The molecule has 22 heavy (non-hydrogen) atoms. The molecule has 0 saturated carbocycles. The van der Waals surface area contributed by atoms with E-state index in [1.807, 2.05) is 0 Å². The predicted octanol–water partition coefficient (Wildman–Crippen LogP) is 3.56. The van der Waals surface area contributed by atoms with Crippen LogP contribution in [0.1, 0.15) is 27.6 Å². The topological polar surface area (TPSA) is 89.4 Å². The molecule has 0 bridgehead atoms. The molecule has 0 aliphatic heterocycles. The van der Waals surface area contributed by atoms with Gasteiger partial charge in [0.05, 0.1) is 26.7 Å². The Hall–Kier alpha value is -1.80. The number of hydrogen-bond acceptors (Lipinski definition) is 5. The Bertz CT molecular complexity index is 665. The molecule has 8 heteroatoms. The lowest BCUT2D eigenvalue weighted by atomic mass is 10.3. The summed E-state index contributed by atoms with van der Waals surface area (Å²) in [5, 5.41) is 8.51. The SMILES string of the molecule is CCOC(=O)c1ccncc1Br.O=C(O)c1ccncc1Br. The van der Waals surface area contributed by atoms with Crippen LogP contribution in [0.2, 0.25) is 0 Å². The van der Waals surface area contributed by atoms with Gasteiger partial charge in [0.1, 0.15) is 0 Å². The third kappa shape index (κ3) is 5.53. The van der Waals surface area contributed by atoms with Crippen LogP contribution in [0.5, 0.6) is 0 Å². The van der Waals surface area contributed by atoms with Gasteiger partial charge in [-0.05, 0) is 50.9 Å². The van der Waals surface area contributed by atoms with Crippen LogP contribution >= 0.6 is 31.9 Å². The molecule has 0 atom stereocenters. The molecule has 6 nitrogen and oxygen atoms in total. The van der Waals surface area contributed by atoms with Crippen molar-refractivity contribution in [3.63, 3.8) is 0 Å². The Morgan fingerprint density at radius 2 is 1.59 bits per heavy atom. The first-order valence-electron chi connectivity index (χ1n) is 6.06. The zero-order valence-electron chi connectivity index (χ0n) is 11.5. The summed E-state index contributed by atoms with van der Waals surface area (Å²) in [7, 11) is 0. The number of carboxylic acids is 1. The van der Waals surface area contributed by atoms with Gasteiger partial charge in [-0.3, -0.25) is 9.97 Å². The highest BCUT2D eigenvalue weighted by Gasteiger charge is 2.09. The van der Waals surface area contributed by atoms with E-state index in [4.69, 9.17) is 9.84 Å². The molecule has 116 valence electrons. The summed E-state index contributed by atoms with van der Waals surface area (Å²) in [6, 6.07) is 3.05. The lowest BCUT2D eigenvalue weighted by Gasteiger charge is -2.01. The first-order valence-corrected chi connectivity index (χ1v) is 7.65. The molecule has 0 aromatic carbocycles. The average Bonchev–Trinajstić information content (AvgIpc) is 2.48. The Labute approximate surface area is 143 Å². The zero-order valence-corrected chi connectivity index (χ0v) is 14.7. The van der Waals surface area contributed by atoms with Crippen LogP contribution in [-0.2, 0) is 4.74 Å². The van der Waals surface area contributed by atoms with E-state index in [-0.39, 0.29) is 11.5 Å². The lowest BCUT2D eigenvalue weighted by Crippen LogP contribution is -2.05. The molecule has 2 aromatic rings. The number of halogens is 2. The number of carbonyl (C=O) groups is 2. The van der Waals surface area contributed by atoms with Crippen LogP contribution in [0, 0.1) is 0 Å². The molecule has 0 spiro atoms. The minimum Gasteiger partial charge on any atom is -0.478 e. The summed E-state index contributed by atoms with van der Waals surface area (Å²) < 4.78 is 5.97. The van der Waals surface area contributed by atoms with E-state index in [1.54, 1.807) is 25.4 Å². The van der Waals surface area contributed by atoms with Gasteiger partial charge < -0.3 is 9.84 Å². The van der Waals surface area contributed by atoms with Crippen LogP contribution in [0.3, 0.4) is 0 Å². The third-order valence-electron chi connectivity index (χ3n) is 2.27. The minimum atomic E-state index is -0.950. The van der Waals surface area contributed by atoms with Crippen molar-refractivity contribution in [2.24, 2.45) is 0 Å². The van der Waals surface area contributed by atoms with Gasteiger partial charge in [-0.1, -0.05) is 0 Å². The molecule has 0 aliphatic rings. The molecule has 0 fully saturated rings. The second-order valence-electron chi connectivity index (χ2n) is 3.74. The fraction of sp³-hybridized carbons (Fsp3) is 0.143. The lowest BCUT2D eigenvalue weighted by molar-refractivity contribution is 0.0524. The first kappa shape index (κ1) is 18.2. The van der Waals surface area contributed by atoms with Gasteiger partial charge in [0.15, 0.2) is 0 Å². The number of aromatic nitrogens is 2.